The fraction of sp³-hybridized carbons (Fsp3) is 0.389. The highest BCUT2D eigenvalue weighted by molar-refractivity contribution is 5.75. The Morgan fingerprint density at radius 3 is 2.76 bits per heavy atom. The summed E-state index contributed by atoms with van der Waals surface area (Å²) in [5, 5.41) is 0. The lowest BCUT2D eigenvalue weighted by molar-refractivity contribution is 0.200. The maximum atomic E-state index is 13.3. The number of benzene rings is 1. The van der Waals surface area contributed by atoms with Gasteiger partial charge in [-0.3, -0.25) is 9.69 Å². The van der Waals surface area contributed by atoms with Gasteiger partial charge in [-0.1, -0.05) is 0 Å². The molecule has 130 valence electrons. The van der Waals surface area contributed by atoms with Gasteiger partial charge in [-0.15, -0.1) is 0 Å². The van der Waals surface area contributed by atoms with Crippen molar-refractivity contribution in [3.8, 4) is 0 Å². The van der Waals surface area contributed by atoms with Crippen LogP contribution in [0, 0.1) is 12.7 Å². The summed E-state index contributed by atoms with van der Waals surface area (Å²) in [7, 11) is 0. The molecule has 0 amide bonds. The fourth-order valence-electron chi connectivity index (χ4n) is 3.51. The van der Waals surface area contributed by atoms with Crippen molar-refractivity contribution in [2.45, 2.75) is 32.2 Å². The predicted molar refractivity (Wildman–Crippen MR) is 92.9 cm³/mol. The molecule has 0 unspecified atom stereocenters. The average Bonchev–Trinajstić information content (AvgIpc) is 2.97. The highest BCUT2D eigenvalue weighted by Crippen LogP contribution is 2.28. The van der Waals surface area contributed by atoms with Gasteiger partial charge in [0, 0.05) is 18.5 Å². The van der Waals surface area contributed by atoms with Crippen LogP contribution in [-0.2, 0) is 6.54 Å². The minimum Gasteiger partial charge on any atom is -0.342 e. The second kappa shape index (κ2) is 6.40. The molecule has 1 aromatic carbocycles. The van der Waals surface area contributed by atoms with E-state index in [1.165, 1.54) is 12.1 Å². The lowest BCUT2D eigenvalue weighted by atomic mass is 9.96. The van der Waals surface area contributed by atoms with Crippen LogP contribution in [0.4, 0.5) is 4.39 Å². The van der Waals surface area contributed by atoms with Gasteiger partial charge in [0.05, 0.1) is 16.7 Å². The lowest BCUT2D eigenvalue weighted by Crippen LogP contribution is -2.33. The third-order valence-corrected chi connectivity index (χ3v) is 4.74. The summed E-state index contributed by atoms with van der Waals surface area (Å²) in [6.45, 7) is 4.32. The lowest BCUT2D eigenvalue weighted by Gasteiger charge is -2.30. The first-order valence-corrected chi connectivity index (χ1v) is 8.51. The van der Waals surface area contributed by atoms with Crippen LogP contribution in [0.1, 0.15) is 36.1 Å². The molecule has 1 aliphatic rings. The number of nitrogens with one attached hydrogen (secondary N) is 2. The Morgan fingerprint density at radius 1 is 1.20 bits per heavy atom. The molecule has 1 saturated heterocycles. The summed E-state index contributed by atoms with van der Waals surface area (Å²) < 4.78 is 13.3. The number of rotatable bonds is 3. The SMILES string of the molecule is Cc1nc(CN2CCC(c3nc4ccc(F)cc4[nH]3)CC2)cc(=O)[nH]1. The zero-order valence-electron chi connectivity index (χ0n) is 14.1. The van der Waals surface area contributed by atoms with Crippen molar-refractivity contribution in [2.75, 3.05) is 13.1 Å². The number of aromatic nitrogens is 4. The van der Waals surface area contributed by atoms with Gasteiger partial charge in [-0.05, 0) is 51.1 Å². The molecule has 7 heteroatoms. The van der Waals surface area contributed by atoms with Gasteiger partial charge in [0.2, 0.25) is 0 Å². The summed E-state index contributed by atoms with van der Waals surface area (Å²) in [5.74, 6) is 1.68. The van der Waals surface area contributed by atoms with Gasteiger partial charge in [0.1, 0.15) is 17.5 Å². The number of aryl methyl sites for hydroxylation is 1. The predicted octanol–water partition coefficient (Wildman–Crippen LogP) is 2.47. The van der Waals surface area contributed by atoms with E-state index >= 15 is 0 Å². The fourth-order valence-corrected chi connectivity index (χ4v) is 3.51. The molecule has 3 aromatic rings. The molecule has 0 atom stereocenters. The molecule has 2 aromatic heterocycles. The van der Waals surface area contributed by atoms with Crippen LogP contribution in [0.25, 0.3) is 11.0 Å². The van der Waals surface area contributed by atoms with Gasteiger partial charge in [0.15, 0.2) is 0 Å². The zero-order chi connectivity index (χ0) is 17.4. The van der Waals surface area contributed by atoms with E-state index in [4.69, 9.17) is 0 Å². The summed E-state index contributed by atoms with van der Waals surface area (Å²) in [6, 6.07) is 6.20. The smallest absolute Gasteiger partial charge is 0.251 e. The van der Waals surface area contributed by atoms with Crippen molar-refractivity contribution in [2.24, 2.45) is 0 Å². The topological polar surface area (TPSA) is 77.7 Å². The third kappa shape index (κ3) is 3.46. The molecule has 1 fully saturated rings. The average molecular weight is 341 g/mol. The van der Waals surface area contributed by atoms with E-state index in [2.05, 4.69) is 24.8 Å². The van der Waals surface area contributed by atoms with Crippen molar-refractivity contribution in [3.63, 3.8) is 0 Å². The minimum atomic E-state index is -0.252. The molecule has 0 radical (unpaired) electrons. The Kier molecular flexibility index (Phi) is 4.09. The number of piperidine rings is 1. The van der Waals surface area contributed by atoms with E-state index in [0.29, 0.717) is 18.3 Å². The molecule has 0 aliphatic carbocycles. The van der Waals surface area contributed by atoms with Gasteiger partial charge >= 0.3 is 0 Å². The Balaban J connectivity index is 1.42. The molecule has 6 nitrogen and oxygen atoms in total. The highest BCUT2D eigenvalue weighted by Gasteiger charge is 2.23. The second-order valence-corrected chi connectivity index (χ2v) is 6.66. The first-order chi connectivity index (χ1) is 12.1. The molecule has 4 rings (SSSR count). The maximum absolute atomic E-state index is 13.3. The number of hydrogen-bond acceptors (Lipinski definition) is 4. The molecule has 2 N–H and O–H groups in total. The first kappa shape index (κ1) is 16.0. The Labute approximate surface area is 144 Å². The van der Waals surface area contributed by atoms with Crippen LogP contribution in [0.5, 0.6) is 0 Å². The molecule has 3 heterocycles. The maximum Gasteiger partial charge on any atom is 0.251 e. The van der Waals surface area contributed by atoms with Crippen LogP contribution in [0.3, 0.4) is 0 Å². The number of nitrogens with zero attached hydrogens (tertiary/aromatic N) is 3. The van der Waals surface area contributed by atoms with Crippen molar-refractivity contribution < 1.29 is 4.39 Å². The minimum absolute atomic E-state index is 0.105. The second-order valence-electron chi connectivity index (χ2n) is 6.66. The Hall–Kier alpha value is -2.54. The molecule has 25 heavy (non-hydrogen) atoms. The van der Waals surface area contributed by atoms with Gasteiger partial charge < -0.3 is 9.97 Å². The van der Waals surface area contributed by atoms with E-state index in [1.54, 1.807) is 19.1 Å². The number of aromatic amines is 2. The van der Waals surface area contributed by atoms with Crippen LogP contribution >= 0.6 is 0 Å². The molecule has 1 aliphatic heterocycles. The largest absolute Gasteiger partial charge is 0.342 e. The standard InChI is InChI=1S/C18H20FN5O/c1-11-20-14(9-17(25)21-11)10-24-6-4-12(5-7-24)18-22-15-3-2-13(19)8-16(15)23-18/h2-3,8-9,12H,4-7,10H2,1H3,(H,22,23)(H,20,21,25). The van der Waals surface area contributed by atoms with Crippen LogP contribution < -0.4 is 5.56 Å². The van der Waals surface area contributed by atoms with Gasteiger partial charge in [0.25, 0.3) is 5.56 Å². The highest BCUT2D eigenvalue weighted by atomic mass is 19.1. The summed E-state index contributed by atoms with van der Waals surface area (Å²) >= 11 is 0. The van der Waals surface area contributed by atoms with Crippen molar-refractivity contribution in [1.82, 2.24) is 24.8 Å². The van der Waals surface area contributed by atoms with Crippen LogP contribution in [-0.4, -0.2) is 37.9 Å². The molecule has 0 bridgehead atoms. The van der Waals surface area contributed by atoms with E-state index < -0.39 is 0 Å². The van der Waals surface area contributed by atoms with Crippen LogP contribution in [0.15, 0.2) is 29.1 Å². The summed E-state index contributed by atoms with van der Waals surface area (Å²) in [4.78, 5) is 28.8. The molecule has 0 saturated carbocycles. The summed E-state index contributed by atoms with van der Waals surface area (Å²) in [5.41, 5.74) is 2.26. The van der Waals surface area contributed by atoms with Crippen molar-refractivity contribution >= 4 is 11.0 Å². The van der Waals surface area contributed by atoms with Gasteiger partial charge in [-0.2, -0.15) is 0 Å². The third-order valence-electron chi connectivity index (χ3n) is 4.74. The van der Waals surface area contributed by atoms with Crippen LogP contribution in [0.2, 0.25) is 0 Å². The van der Waals surface area contributed by atoms with E-state index in [-0.39, 0.29) is 11.4 Å². The Morgan fingerprint density at radius 2 is 2.00 bits per heavy atom. The number of fused-ring (bicyclic) bond motifs is 1. The van der Waals surface area contributed by atoms with Crippen molar-refractivity contribution in [3.05, 3.63) is 57.8 Å². The number of likely N-dealkylation sites (tertiary alicyclic amines) is 1. The molecular weight excluding hydrogens is 321 g/mol. The quantitative estimate of drug-likeness (QED) is 0.767. The van der Waals surface area contributed by atoms with E-state index in [1.807, 2.05) is 0 Å². The van der Waals surface area contributed by atoms with E-state index in [9.17, 15) is 9.18 Å². The number of halogens is 1. The number of H-pyrrole nitrogens is 2. The normalized spacial score (nSPS) is 16.6. The zero-order valence-corrected chi connectivity index (χ0v) is 14.1. The van der Waals surface area contributed by atoms with Gasteiger partial charge in [-0.25, -0.2) is 14.4 Å². The van der Waals surface area contributed by atoms with Crippen molar-refractivity contribution in [1.29, 1.82) is 0 Å². The summed E-state index contributed by atoms with van der Waals surface area (Å²) in [6.07, 6.45) is 1.95. The number of imidazole rings is 1. The first-order valence-electron chi connectivity index (χ1n) is 8.51. The molecule has 0 spiro atoms. The monoisotopic (exact) mass is 341 g/mol. The number of hydrogen-bond donors (Lipinski definition) is 2. The molecular formula is C18H20FN5O. The van der Waals surface area contributed by atoms with E-state index in [0.717, 1.165) is 48.5 Å². The Bertz CT molecular complexity index is 955.